The summed E-state index contributed by atoms with van der Waals surface area (Å²) in [6, 6.07) is 8.43. The normalized spacial score (nSPS) is 11.1. The number of alkyl halides is 1. The molecule has 0 aliphatic rings. The number of nitrogens with one attached hydrogen (secondary N) is 1. The molecular formula is C18H16FN5O5. The fourth-order valence-corrected chi connectivity index (χ4v) is 2.78. The van der Waals surface area contributed by atoms with Crippen LogP contribution in [-0.2, 0) is 13.2 Å². The zero-order chi connectivity index (χ0) is 20.4. The summed E-state index contributed by atoms with van der Waals surface area (Å²) in [5.41, 5.74) is -0.432. The number of hydrogen-bond donors (Lipinski definition) is 2. The monoisotopic (exact) mass is 401 g/mol. The van der Waals surface area contributed by atoms with E-state index in [0.29, 0.717) is 11.5 Å². The van der Waals surface area contributed by atoms with Gasteiger partial charge in [-0.15, -0.1) is 0 Å². The molecule has 29 heavy (non-hydrogen) atoms. The second-order valence-electron chi connectivity index (χ2n) is 5.94. The maximum absolute atomic E-state index is 13.2. The van der Waals surface area contributed by atoms with Gasteiger partial charge < -0.3 is 24.1 Å². The Balaban J connectivity index is 1.67. The molecule has 3 aromatic heterocycles. The van der Waals surface area contributed by atoms with Crippen LogP contribution >= 0.6 is 0 Å². The van der Waals surface area contributed by atoms with Crippen molar-refractivity contribution < 1.29 is 23.5 Å². The van der Waals surface area contributed by atoms with Gasteiger partial charge in [0, 0.05) is 6.07 Å². The van der Waals surface area contributed by atoms with Crippen LogP contribution in [0, 0.1) is 0 Å². The Hall–Kier alpha value is -3.73. The van der Waals surface area contributed by atoms with Gasteiger partial charge in [0.25, 0.3) is 11.4 Å². The molecule has 1 aromatic carbocycles. The quantitative estimate of drug-likeness (QED) is 0.481. The van der Waals surface area contributed by atoms with Gasteiger partial charge in [0.05, 0.1) is 26.3 Å². The predicted octanol–water partition coefficient (Wildman–Crippen LogP) is 2.04. The van der Waals surface area contributed by atoms with E-state index < -0.39 is 12.2 Å². The van der Waals surface area contributed by atoms with E-state index in [4.69, 9.17) is 19.1 Å². The van der Waals surface area contributed by atoms with E-state index in [2.05, 4.69) is 20.1 Å². The van der Waals surface area contributed by atoms with Crippen molar-refractivity contribution in [3.8, 4) is 29.0 Å². The number of imidazole rings is 1. The topological polar surface area (TPSA) is 128 Å². The first-order valence-electron chi connectivity index (χ1n) is 8.58. The standard InChI is InChI=1S/C18H16FN5O5/c1-27-10-3-2-4-11(7-10)28-14-8-12(29-23-14)16-21-15-17(22-16)20-13(9-19)24(5-6-25)18(15)26/h2-4,7-8,25H,5-6,9H2,1H3,(H,21,22). The molecule has 0 fully saturated rings. The lowest BCUT2D eigenvalue weighted by Gasteiger charge is -2.07. The van der Waals surface area contributed by atoms with Crippen molar-refractivity contribution in [2.75, 3.05) is 13.7 Å². The fourth-order valence-electron chi connectivity index (χ4n) is 2.78. The highest BCUT2D eigenvalue weighted by Gasteiger charge is 2.18. The minimum absolute atomic E-state index is 0.0403. The summed E-state index contributed by atoms with van der Waals surface area (Å²) in [5, 5.41) is 12.9. The van der Waals surface area contributed by atoms with E-state index >= 15 is 0 Å². The number of aliphatic hydroxyl groups excluding tert-OH is 1. The molecule has 4 aromatic rings. The predicted molar refractivity (Wildman–Crippen MR) is 98.6 cm³/mol. The van der Waals surface area contributed by atoms with Gasteiger partial charge in [0.2, 0.25) is 5.76 Å². The third-order valence-electron chi connectivity index (χ3n) is 4.12. The third-order valence-corrected chi connectivity index (χ3v) is 4.12. The molecule has 4 rings (SSSR count). The van der Waals surface area contributed by atoms with E-state index in [1.54, 1.807) is 31.4 Å². The Labute approximate surface area is 162 Å². The zero-order valence-electron chi connectivity index (χ0n) is 15.3. The minimum atomic E-state index is -0.964. The summed E-state index contributed by atoms with van der Waals surface area (Å²) in [4.78, 5) is 23.6. The number of hydrogen-bond acceptors (Lipinski definition) is 8. The van der Waals surface area contributed by atoms with Crippen LogP contribution in [0.1, 0.15) is 5.82 Å². The van der Waals surface area contributed by atoms with Crippen molar-refractivity contribution in [2.24, 2.45) is 0 Å². The number of ether oxygens (including phenoxy) is 2. The molecule has 0 unspecified atom stereocenters. The highest BCUT2D eigenvalue weighted by atomic mass is 19.1. The van der Waals surface area contributed by atoms with Gasteiger partial charge >= 0.3 is 0 Å². The van der Waals surface area contributed by atoms with E-state index in [9.17, 15) is 9.18 Å². The van der Waals surface area contributed by atoms with Gasteiger partial charge in [0.15, 0.2) is 17.0 Å². The van der Waals surface area contributed by atoms with Crippen LogP contribution in [0.4, 0.5) is 4.39 Å². The molecule has 2 N–H and O–H groups in total. The highest BCUT2D eigenvalue weighted by Crippen LogP contribution is 2.28. The Morgan fingerprint density at radius 2 is 2.10 bits per heavy atom. The lowest BCUT2D eigenvalue weighted by atomic mass is 10.3. The van der Waals surface area contributed by atoms with Crippen molar-refractivity contribution in [1.29, 1.82) is 0 Å². The summed E-state index contributed by atoms with van der Waals surface area (Å²) in [6.07, 6.45) is 0. The second kappa shape index (κ2) is 7.72. The molecule has 0 spiro atoms. The first kappa shape index (κ1) is 18.6. The molecule has 10 nitrogen and oxygen atoms in total. The number of halogens is 1. The van der Waals surface area contributed by atoms with E-state index in [1.165, 1.54) is 6.07 Å². The maximum Gasteiger partial charge on any atom is 0.279 e. The van der Waals surface area contributed by atoms with Crippen LogP contribution in [0.3, 0.4) is 0 Å². The fraction of sp³-hybridized carbons (Fsp3) is 0.222. The van der Waals surface area contributed by atoms with Crippen LogP contribution in [0.5, 0.6) is 17.4 Å². The van der Waals surface area contributed by atoms with Gasteiger partial charge in [-0.2, -0.15) is 0 Å². The van der Waals surface area contributed by atoms with Crippen LogP contribution in [0.15, 0.2) is 39.6 Å². The average molecular weight is 401 g/mol. The zero-order valence-corrected chi connectivity index (χ0v) is 15.3. The Bertz CT molecular complexity index is 1220. The summed E-state index contributed by atoms with van der Waals surface area (Å²) in [7, 11) is 1.55. The van der Waals surface area contributed by atoms with E-state index in [1.807, 2.05) is 0 Å². The van der Waals surface area contributed by atoms with Gasteiger partial charge in [0.1, 0.15) is 24.0 Å². The third kappa shape index (κ3) is 3.55. The van der Waals surface area contributed by atoms with E-state index in [-0.39, 0.29) is 47.6 Å². The number of methoxy groups -OCH3 is 1. The minimum Gasteiger partial charge on any atom is -0.497 e. The second-order valence-corrected chi connectivity index (χ2v) is 5.94. The molecule has 0 aliphatic heterocycles. The SMILES string of the molecule is COc1cccc(Oc2cc(-c3nc4nc(CF)n(CCO)c(=O)c4[nH]3)on2)c1. The molecule has 11 heteroatoms. The molecule has 0 radical (unpaired) electrons. The number of rotatable bonds is 7. The number of benzene rings is 1. The summed E-state index contributed by atoms with van der Waals surface area (Å²) in [6.45, 7) is -1.36. The first-order chi connectivity index (χ1) is 14.1. The van der Waals surface area contributed by atoms with Crippen LogP contribution in [0.2, 0.25) is 0 Å². The lowest BCUT2D eigenvalue weighted by molar-refractivity contribution is 0.268. The molecule has 0 amide bonds. The van der Waals surface area contributed by atoms with Crippen molar-refractivity contribution in [3.63, 3.8) is 0 Å². The average Bonchev–Trinajstić information content (AvgIpc) is 3.37. The Morgan fingerprint density at radius 1 is 1.28 bits per heavy atom. The highest BCUT2D eigenvalue weighted by molar-refractivity contribution is 5.74. The molecule has 0 saturated carbocycles. The number of aromatic nitrogens is 5. The van der Waals surface area contributed by atoms with Crippen LogP contribution < -0.4 is 15.0 Å². The number of aromatic amines is 1. The van der Waals surface area contributed by atoms with Gasteiger partial charge in [-0.25, -0.2) is 14.4 Å². The summed E-state index contributed by atoms with van der Waals surface area (Å²) >= 11 is 0. The molecule has 3 heterocycles. The Morgan fingerprint density at radius 3 is 2.86 bits per heavy atom. The van der Waals surface area contributed by atoms with Crippen molar-refractivity contribution in [3.05, 3.63) is 46.5 Å². The maximum atomic E-state index is 13.2. The Kier molecular flexibility index (Phi) is 4.96. The lowest BCUT2D eigenvalue weighted by Crippen LogP contribution is -2.26. The number of fused-ring (bicyclic) bond motifs is 1. The molecule has 0 bridgehead atoms. The van der Waals surface area contributed by atoms with Crippen molar-refractivity contribution in [1.82, 2.24) is 24.7 Å². The summed E-state index contributed by atoms with van der Waals surface area (Å²) < 4.78 is 30.3. The van der Waals surface area contributed by atoms with Crippen LogP contribution in [0.25, 0.3) is 22.7 Å². The summed E-state index contributed by atoms with van der Waals surface area (Å²) in [5.74, 6) is 1.56. The smallest absolute Gasteiger partial charge is 0.279 e. The molecule has 150 valence electrons. The van der Waals surface area contributed by atoms with Gasteiger partial charge in [-0.3, -0.25) is 9.36 Å². The first-order valence-corrected chi connectivity index (χ1v) is 8.58. The van der Waals surface area contributed by atoms with E-state index in [0.717, 1.165) is 4.57 Å². The molecule has 0 saturated heterocycles. The number of nitrogens with zero attached hydrogens (tertiary/aromatic N) is 4. The largest absolute Gasteiger partial charge is 0.497 e. The van der Waals surface area contributed by atoms with Gasteiger partial charge in [-0.1, -0.05) is 6.07 Å². The number of aliphatic hydroxyl groups is 1. The van der Waals surface area contributed by atoms with Crippen molar-refractivity contribution in [2.45, 2.75) is 13.2 Å². The van der Waals surface area contributed by atoms with Gasteiger partial charge in [-0.05, 0) is 17.3 Å². The number of H-pyrrole nitrogens is 1. The molecule has 0 atom stereocenters. The van der Waals surface area contributed by atoms with Crippen LogP contribution in [-0.4, -0.2) is 43.5 Å². The molecular weight excluding hydrogens is 385 g/mol. The van der Waals surface area contributed by atoms with Crippen molar-refractivity contribution >= 4 is 11.2 Å². The molecule has 0 aliphatic carbocycles.